The van der Waals surface area contributed by atoms with E-state index in [2.05, 4.69) is 5.32 Å². The molecular formula is C23H17ClN3O3-. The molecule has 3 rings (SSSR count). The third-order valence-electron chi connectivity index (χ3n) is 4.58. The highest BCUT2D eigenvalue weighted by atomic mass is 35.5. The molecule has 2 aromatic carbocycles. The lowest BCUT2D eigenvalue weighted by molar-refractivity contribution is -0.255. The van der Waals surface area contributed by atoms with Gasteiger partial charge in [-0.25, -0.2) is 0 Å². The van der Waals surface area contributed by atoms with Crippen LogP contribution >= 0.6 is 11.6 Å². The quantitative estimate of drug-likeness (QED) is 0.505. The number of aryl methyl sites for hydroxylation is 1. The molecule has 0 radical (unpaired) electrons. The van der Waals surface area contributed by atoms with Gasteiger partial charge in [0.1, 0.15) is 11.6 Å². The molecule has 0 aliphatic carbocycles. The van der Waals surface area contributed by atoms with Crippen molar-refractivity contribution in [2.24, 2.45) is 0 Å². The van der Waals surface area contributed by atoms with Crippen LogP contribution in [0, 0.1) is 25.2 Å². The topological polar surface area (TPSA) is 98.0 Å². The second-order valence-electron chi connectivity index (χ2n) is 6.63. The Morgan fingerprint density at radius 2 is 1.83 bits per heavy atom. The zero-order valence-electron chi connectivity index (χ0n) is 16.3. The molecule has 0 aliphatic heterocycles. The van der Waals surface area contributed by atoms with Crippen LogP contribution in [0.1, 0.15) is 27.3 Å². The molecule has 0 fully saturated rings. The number of rotatable bonds is 5. The van der Waals surface area contributed by atoms with Crippen LogP contribution in [0.5, 0.6) is 0 Å². The summed E-state index contributed by atoms with van der Waals surface area (Å²) in [6, 6.07) is 16.7. The molecule has 150 valence electrons. The van der Waals surface area contributed by atoms with Gasteiger partial charge in [-0.1, -0.05) is 23.7 Å². The van der Waals surface area contributed by atoms with E-state index in [1.807, 2.05) is 30.6 Å². The Balaban J connectivity index is 1.94. The molecule has 30 heavy (non-hydrogen) atoms. The van der Waals surface area contributed by atoms with E-state index in [0.29, 0.717) is 22.0 Å². The molecule has 0 saturated carbocycles. The van der Waals surface area contributed by atoms with Crippen molar-refractivity contribution < 1.29 is 14.7 Å². The summed E-state index contributed by atoms with van der Waals surface area (Å²) in [7, 11) is 0. The smallest absolute Gasteiger partial charge is 0.266 e. The van der Waals surface area contributed by atoms with Gasteiger partial charge in [0.05, 0.1) is 5.97 Å². The maximum absolute atomic E-state index is 12.5. The normalized spacial score (nSPS) is 11.1. The number of nitrogens with zero attached hydrogens (tertiary/aromatic N) is 2. The van der Waals surface area contributed by atoms with E-state index >= 15 is 0 Å². The number of carboxylic acid groups (broad SMARTS) is 1. The lowest BCUT2D eigenvalue weighted by atomic mass is 10.1. The Morgan fingerprint density at radius 1 is 1.13 bits per heavy atom. The van der Waals surface area contributed by atoms with Gasteiger partial charge in [-0.15, -0.1) is 0 Å². The number of carbonyl (C=O) groups excluding carboxylic acids is 2. The van der Waals surface area contributed by atoms with Gasteiger partial charge >= 0.3 is 0 Å². The van der Waals surface area contributed by atoms with Gasteiger partial charge in [0, 0.05) is 27.8 Å². The minimum absolute atomic E-state index is 0.0614. The zero-order valence-corrected chi connectivity index (χ0v) is 17.0. The van der Waals surface area contributed by atoms with Crippen LogP contribution in [0.2, 0.25) is 5.02 Å². The molecule has 0 atom stereocenters. The summed E-state index contributed by atoms with van der Waals surface area (Å²) in [5, 5.41) is 23.9. The van der Waals surface area contributed by atoms with Crippen LogP contribution in [-0.2, 0) is 4.79 Å². The fourth-order valence-electron chi connectivity index (χ4n) is 3.14. The first-order chi connectivity index (χ1) is 14.3. The largest absolute Gasteiger partial charge is 0.545 e. The van der Waals surface area contributed by atoms with E-state index in [1.165, 1.54) is 18.2 Å². The minimum atomic E-state index is -1.26. The molecule has 0 spiro atoms. The van der Waals surface area contributed by atoms with Crippen molar-refractivity contribution >= 4 is 35.2 Å². The van der Waals surface area contributed by atoms with Gasteiger partial charge in [-0.3, -0.25) is 4.79 Å². The van der Waals surface area contributed by atoms with Crippen LogP contribution < -0.4 is 10.4 Å². The summed E-state index contributed by atoms with van der Waals surface area (Å²) in [6.07, 6.45) is 1.51. The predicted molar refractivity (Wildman–Crippen MR) is 113 cm³/mol. The lowest BCUT2D eigenvalue weighted by Crippen LogP contribution is -2.22. The number of carboxylic acids is 1. The number of carbonyl (C=O) groups is 2. The number of halogens is 1. The summed E-state index contributed by atoms with van der Waals surface area (Å²) in [5.41, 5.74) is 3.44. The number of nitrogens with one attached hydrogen (secondary N) is 1. The number of anilines is 1. The first-order valence-corrected chi connectivity index (χ1v) is 9.37. The molecule has 1 heterocycles. The molecule has 1 amide bonds. The number of benzene rings is 2. The molecule has 6 nitrogen and oxygen atoms in total. The van der Waals surface area contributed by atoms with Crippen molar-refractivity contribution in [2.75, 3.05) is 5.32 Å². The molecule has 1 N–H and O–H groups in total. The Kier molecular flexibility index (Phi) is 6.05. The number of hydrogen-bond acceptors (Lipinski definition) is 4. The van der Waals surface area contributed by atoms with Crippen molar-refractivity contribution in [1.82, 2.24) is 4.57 Å². The number of aromatic nitrogens is 1. The van der Waals surface area contributed by atoms with E-state index in [9.17, 15) is 20.0 Å². The Morgan fingerprint density at radius 3 is 2.47 bits per heavy atom. The Labute approximate surface area is 178 Å². The SMILES string of the molecule is Cc1cc(/C=C(/C#N)C(=O)Nc2ccc(Cl)cc2)c(C)n1-c1cccc(C(=O)[O-])c1. The van der Waals surface area contributed by atoms with Crippen molar-refractivity contribution in [3.05, 3.63) is 87.7 Å². The fourth-order valence-corrected chi connectivity index (χ4v) is 3.26. The second-order valence-corrected chi connectivity index (χ2v) is 7.07. The summed E-state index contributed by atoms with van der Waals surface area (Å²) < 4.78 is 1.85. The van der Waals surface area contributed by atoms with E-state index in [1.54, 1.807) is 36.4 Å². The third-order valence-corrected chi connectivity index (χ3v) is 4.83. The van der Waals surface area contributed by atoms with Gasteiger partial charge in [0.25, 0.3) is 5.91 Å². The van der Waals surface area contributed by atoms with Gasteiger partial charge in [0.15, 0.2) is 0 Å². The molecule has 1 aromatic heterocycles. The average molecular weight is 419 g/mol. The molecule has 0 aliphatic rings. The van der Waals surface area contributed by atoms with E-state index in [0.717, 1.165) is 11.4 Å². The van der Waals surface area contributed by atoms with Gasteiger partial charge in [0.2, 0.25) is 0 Å². The predicted octanol–water partition coefficient (Wildman–Crippen LogP) is 3.66. The standard InChI is InChI=1S/C23H18ClN3O3/c1-14-10-17(15(2)27(14)21-5-3-4-16(12-21)23(29)30)11-18(13-25)22(28)26-20-8-6-19(24)7-9-20/h3-12H,1-2H3,(H,26,28)(H,29,30)/p-1/b18-11-. The first-order valence-electron chi connectivity index (χ1n) is 8.99. The number of hydrogen-bond donors (Lipinski definition) is 1. The van der Waals surface area contributed by atoms with Crippen LogP contribution in [0.3, 0.4) is 0 Å². The van der Waals surface area contributed by atoms with Crippen LogP contribution in [0.4, 0.5) is 5.69 Å². The fraction of sp³-hybridized carbons (Fsp3) is 0.0870. The van der Waals surface area contributed by atoms with E-state index < -0.39 is 11.9 Å². The molecule has 0 bridgehead atoms. The van der Waals surface area contributed by atoms with E-state index in [4.69, 9.17) is 11.6 Å². The summed E-state index contributed by atoms with van der Waals surface area (Å²) in [5.74, 6) is -1.80. The Bertz CT molecular complexity index is 1200. The molecule has 7 heteroatoms. The van der Waals surface area contributed by atoms with Crippen LogP contribution in [0.15, 0.2) is 60.2 Å². The monoisotopic (exact) mass is 418 g/mol. The van der Waals surface area contributed by atoms with Gasteiger partial charge in [-0.05, 0) is 73.5 Å². The first kappa shape index (κ1) is 20.9. The molecular weight excluding hydrogens is 402 g/mol. The molecule has 0 unspecified atom stereocenters. The summed E-state index contributed by atoms with van der Waals surface area (Å²) in [6.45, 7) is 3.69. The zero-order chi connectivity index (χ0) is 21.8. The second kappa shape index (κ2) is 8.68. The number of nitriles is 1. The number of amides is 1. The van der Waals surface area contributed by atoms with Crippen molar-refractivity contribution in [3.8, 4) is 11.8 Å². The maximum Gasteiger partial charge on any atom is 0.266 e. The summed E-state index contributed by atoms with van der Waals surface area (Å²) >= 11 is 5.84. The third kappa shape index (κ3) is 4.43. The highest BCUT2D eigenvalue weighted by Gasteiger charge is 2.14. The average Bonchev–Trinajstić information content (AvgIpc) is 3.00. The van der Waals surface area contributed by atoms with Crippen molar-refractivity contribution in [2.45, 2.75) is 13.8 Å². The van der Waals surface area contributed by atoms with Crippen molar-refractivity contribution in [1.29, 1.82) is 5.26 Å². The number of aromatic carboxylic acids is 1. The maximum atomic E-state index is 12.5. The highest BCUT2D eigenvalue weighted by molar-refractivity contribution is 6.30. The Hall–Kier alpha value is -3.82. The van der Waals surface area contributed by atoms with Gasteiger partial charge < -0.3 is 19.8 Å². The van der Waals surface area contributed by atoms with E-state index in [-0.39, 0.29) is 11.1 Å². The van der Waals surface area contributed by atoms with Crippen LogP contribution in [-0.4, -0.2) is 16.4 Å². The van der Waals surface area contributed by atoms with Crippen LogP contribution in [0.25, 0.3) is 11.8 Å². The molecule has 0 saturated heterocycles. The lowest BCUT2D eigenvalue weighted by Gasteiger charge is -2.12. The minimum Gasteiger partial charge on any atom is -0.545 e. The molecule has 3 aromatic rings. The van der Waals surface area contributed by atoms with Crippen molar-refractivity contribution in [3.63, 3.8) is 0 Å². The van der Waals surface area contributed by atoms with Gasteiger partial charge in [-0.2, -0.15) is 5.26 Å². The summed E-state index contributed by atoms with van der Waals surface area (Å²) in [4.78, 5) is 23.7. The highest BCUT2D eigenvalue weighted by Crippen LogP contribution is 2.24.